The molecule has 1 aliphatic heterocycles. The number of piperidine rings is 1. The lowest BCUT2D eigenvalue weighted by molar-refractivity contribution is -0.126. The number of benzene rings is 2. The molecule has 1 N–H and O–H groups in total. The molecule has 3 rings (SSSR count). The largest absolute Gasteiger partial charge is 0.497 e. The minimum absolute atomic E-state index is 0.0204. The van der Waals surface area contributed by atoms with Crippen LogP contribution in [-0.4, -0.2) is 43.1 Å². The van der Waals surface area contributed by atoms with Crippen LogP contribution < -0.4 is 10.2 Å². The number of methoxy groups -OCH3 is 1. The van der Waals surface area contributed by atoms with E-state index in [1.165, 1.54) is 0 Å². The summed E-state index contributed by atoms with van der Waals surface area (Å²) in [7, 11) is 1.61. The van der Waals surface area contributed by atoms with E-state index in [4.69, 9.17) is 4.74 Å². The second-order valence-corrected chi connectivity index (χ2v) is 6.44. The molecule has 0 aliphatic carbocycles. The van der Waals surface area contributed by atoms with E-state index in [0.717, 1.165) is 11.3 Å². The number of hydrogen-bond acceptors (Lipinski definition) is 4. The number of ether oxygens (including phenoxy) is 1. The summed E-state index contributed by atoms with van der Waals surface area (Å²) < 4.78 is 5.10. The van der Waals surface area contributed by atoms with Crippen LogP contribution in [0.5, 0.6) is 5.75 Å². The second kappa shape index (κ2) is 8.98. The van der Waals surface area contributed by atoms with Crippen LogP contribution in [0.1, 0.15) is 28.8 Å². The Hall–Kier alpha value is -3.15. The lowest BCUT2D eigenvalue weighted by atomic mass is 9.95. The summed E-state index contributed by atoms with van der Waals surface area (Å²) in [6, 6.07) is 16.6. The molecular formula is C21H23N3O3. The molecule has 0 aromatic heterocycles. The van der Waals surface area contributed by atoms with E-state index in [1.54, 1.807) is 18.2 Å². The second-order valence-electron chi connectivity index (χ2n) is 6.44. The van der Waals surface area contributed by atoms with Gasteiger partial charge in [-0.25, -0.2) is 5.43 Å². The Morgan fingerprint density at radius 1 is 1.07 bits per heavy atom. The van der Waals surface area contributed by atoms with Gasteiger partial charge in [-0.05, 0) is 54.8 Å². The number of rotatable bonds is 5. The van der Waals surface area contributed by atoms with Gasteiger partial charge in [0.25, 0.3) is 5.91 Å². The normalized spacial score (nSPS) is 14.9. The van der Waals surface area contributed by atoms with Gasteiger partial charge >= 0.3 is 0 Å². The van der Waals surface area contributed by atoms with Crippen LogP contribution in [0.15, 0.2) is 59.7 Å². The third-order valence-electron chi connectivity index (χ3n) is 4.68. The van der Waals surface area contributed by atoms with E-state index in [-0.39, 0.29) is 17.7 Å². The van der Waals surface area contributed by atoms with E-state index in [9.17, 15) is 9.59 Å². The highest BCUT2D eigenvalue weighted by molar-refractivity contribution is 5.94. The Kier molecular flexibility index (Phi) is 6.20. The molecule has 0 bridgehead atoms. The first-order valence-electron chi connectivity index (χ1n) is 8.98. The molecule has 0 atom stereocenters. The van der Waals surface area contributed by atoms with Gasteiger partial charge in [0.05, 0.1) is 13.3 Å². The van der Waals surface area contributed by atoms with Crippen LogP contribution >= 0.6 is 0 Å². The van der Waals surface area contributed by atoms with Crippen LogP contribution in [0.3, 0.4) is 0 Å². The molecule has 6 heteroatoms. The molecule has 1 heterocycles. The van der Waals surface area contributed by atoms with Crippen molar-refractivity contribution < 1.29 is 14.3 Å². The summed E-state index contributed by atoms with van der Waals surface area (Å²) in [6.45, 7) is 1.15. The molecule has 0 saturated carbocycles. The number of likely N-dealkylation sites (tertiary alicyclic amines) is 1. The third-order valence-corrected chi connectivity index (χ3v) is 4.68. The van der Waals surface area contributed by atoms with Gasteiger partial charge in [0.1, 0.15) is 5.75 Å². The summed E-state index contributed by atoms with van der Waals surface area (Å²) in [5.41, 5.74) is 4.16. The Morgan fingerprint density at radius 3 is 2.37 bits per heavy atom. The van der Waals surface area contributed by atoms with Crippen molar-refractivity contribution in [1.29, 1.82) is 0 Å². The highest BCUT2D eigenvalue weighted by atomic mass is 16.5. The number of amides is 2. The van der Waals surface area contributed by atoms with Crippen molar-refractivity contribution in [3.63, 3.8) is 0 Å². The van der Waals surface area contributed by atoms with Crippen molar-refractivity contribution in [1.82, 2.24) is 10.3 Å². The van der Waals surface area contributed by atoms with Crippen LogP contribution in [0.2, 0.25) is 0 Å². The van der Waals surface area contributed by atoms with Crippen LogP contribution in [0.25, 0.3) is 0 Å². The van der Waals surface area contributed by atoms with Gasteiger partial charge in [0.2, 0.25) is 5.91 Å². The van der Waals surface area contributed by atoms with Gasteiger partial charge in [-0.15, -0.1) is 0 Å². The molecular weight excluding hydrogens is 342 g/mol. The van der Waals surface area contributed by atoms with Gasteiger partial charge in [0, 0.05) is 24.6 Å². The van der Waals surface area contributed by atoms with Gasteiger partial charge < -0.3 is 9.64 Å². The summed E-state index contributed by atoms with van der Waals surface area (Å²) in [4.78, 5) is 26.5. The first-order valence-corrected chi connectivity index (χ1v) is 8.98. The minimum Gasteiger partial charge on any atom is -0.497 e. The van der Waals surface area contributed by atoms with Crippen LogP contribution in [0.4, 0.5) is 0 Å². The molecule has 1 aliphatic rings. The topological polar surface area (TPSA) is 71.0 Å². The average Bonchev–Trinajstić information content (AvgIpc) is 2.74. The van der Waals surface area contributed by atoms with Gasteiger partial charge in [-0.3, -0.25) is 9.59 Å². The zero-order valence-electron chi connectivity index (χ0n) is 15.3. The van der Waals surface area contributed by atoms with E-state index >= 15 is 0 Å². The Labute approximate surface area is 158 Å². The maximum atomic E-state index is 12.4. The lowest BCUT2D eigenvalue weighted by Crippen LogP contribution is -2.42. The molecule has 2 aromatic rings. The van der Waals surface area contributed by atoms with Crippen molar-refractivity contribution in [2.45, 2.75) is 12.8 Å². The fourth-order valence-corrected chi connectivity index (χ4v) is 3.06. The van der Waals surface area contributed by atoms with Crippen molar-refractivity contribution in [2.24, 2.45) is 11.0 Å². The molecule has 140 valence electrons. The minimum atomic E-state index is -0.127. The maximum absolute atomic E-state index is 12.4. The Balaban J connectivity index is 1.46. The smallest absolute Gasteiger partial charge is 0.253 e. The molecule has 0 unspecified atom stereocenters. The standard InChI is InChI=1S/C21H23N3O3/c1-27-19-9-7-16(8-10-19)15-22-23-20(25)17-11-13-24(14-12-17)21(26)18-5-3-2-4-6-18/h2-10,15,17H,11-14H2,1H3,(H,23,25)/b22-15-. The molecule has 1 fully saturated rings. The highest BCUT2D eigenvalue weighted by Crippen LogP contribution is 2.19. The molecule has 27 heavy (non-hydrogen) atoms. The van der Waals surface area contributed by atoms with E-state index in [1.807, 2.05) is 54.6 Å². The number of carbonyl (C=O) groups excluding carboxylic acids is 2. The SMILES string of the molecule is COc1ccc(/C=N\NC(=O)C2CCN(C(=O)c3ccccc3)CC2)cc1. The number of hydrogen-bond donors (Lipinski definition) is 1. The average molecular weight is 365 g/mol. The van der Waals surface area contributed by atoms with Gasteiger partial charge in [-0.1, -0.05) is 18.2 Å². The van der Waals surface area contributed by atoms with Gasteiger partial charge in [0.15, 0.2) is 0 Å². The van der Waals surface area contributed by atoms with Crippen molar-refractivity contribution in [3.8, 4) is 5.75 Å². The number of nitrogens with zero attached hydrogens (tertiary/aromatic N) is 2. The quantitative estimate of drug-likeness (QED) is 0.654. The molecule has 6 nitrogen and oxygen atoms in total. The Morgan fingerprint density at radius 2 is 1.74 bits per heavy atom. The van der Waals surface area contributed by atoms with E-state index in [2.05, 4.69) is 10.5 Å². The molecule has 2 amide bonds. The van der Waals surface area contributed by atoms with Crippen LogP contribution in [-0.2, 0) is 4.79 Å². The monoisotopic (exact) mass is 365 g/mol. The number of carbonyl (C=O) groups is 2. The highest BCUT2D eigenvalue weighted by Gasteiger charge is 2.27. The van der Waals surface area contributed by atoms with Crippen molar-refractivity contribution in [3.05, 3.63) is 65.7 Å². The van der Waals surface area contributed by atoms with Crippen molar-refractivity contribution in [2.75, 3.05) is 20.2 Å². The fraction of sp³-hybridized carbons (Fsp3) is 0.286. The zero-order valence-corrected chi connectivity index (χ0v) is 15.3. The van der Waals surface area contributed by atoms with E-state index < -0.39 is 0 Å². The van der Waals surface area contributed by atoms with Gasteiger partial charge in [-0.2, -0.15) is 5.10 Å². The molecule has 1 saturated heterocycles. The first kappa shape index (κ1) is 18.6. The third kappa shape index (κ3) is 4.94. The van der Waals surface area contributed by atoms with Crippen LogP contribution in [0, 0.1) is 5.92 Å². The maximum Gasteiger partial charge on any atom is 0.253 e. The predicted octanol–water partition coefficient (Wildman–Crippen LogP) is 2.70. The lowest BCUT2D eigenvalue weighted by Gasteiger charge is -2.31. The fourth-order valence-electron chi connectivity index (χ4n) is 3.06. The summed E-state index contributed by atoms with van der Waals surface area (Å²) >= 11 is 0. The molecule has 0 radical (unpaired) electrons. The predicted molar refractivity (Wildman–Crippen MR) is 104 cm³/mol. The number of nitrogens with one attached hydrogen (secondary N) is 1. The Bertz CT molecular complexity index is 795. The molecule has 2 aromatic carbocycles. The zero-order chi connectivity index (χ0) is 19.1. The molecule has 0 spiro atoms. The van der Waals surface area contributed by atoms with Crippen molar-refractivity contribution >= 4 is 18.0 Å². The first-order chi connectivity index (χ1) is 13.2. The summed E-state index contributed by atoms with van der Waals surface area (Å²) in [6.07, 6.45) is 2.89. The summed E-state index contributed by atoms with van der Waals surface area (Å²) in [5.74, 6) is 0.560. The van der Waals surface area contributed by atoms with E-state index in [0.29, 0.717) is 31.5 Å². The number of hydrazone groups is 1. The summed E-state index contributed by atoms with van der Waals surface area (Å²) in [5, 5.41) is 4.03.